The highest BCUT2D eigenvalue weighted by Crippen LogP contribution is 2.20. The molecule has 0 saturated heterocycles. The van der Waals surface area contributed by atoms with Crippen LogP contribution < -0.4 is 15.6 Å². The first-order valence-electron chi connectivity index (χ1n) is 10.6. The summed E-state index contributed by atoms with van der Waals surface area (Å²) in [7, 11) is 0. The molecule has 4 aromatic rings. The molecular formula is C26H25N3O3. The highest BCUT2D eigenvalue weighted by molar-refractivity contribution is 5.92. The van der Waals surface area contributed by atoms with Crippen LogP contribution in [0, 0.1) is 13.8 Å². The zero-order chi connectivity index (χ0) is 22.7. The number of rotatable bonds is 6. The molecule has 0 unspecified atom stereocenters. The molecule has 162 valence electrons. The lowest BCUT2D eigenvalue weighted by molar-refractivity contribution is -0.118. The average Bonchev–Trinajstić information content (AvgIpc) is 2.80. The minimum atomic E-state index is -0.249. The van der Waals surface area contributed by atoms with Crippen LogP contribution in [0.1, 0.15) is 23.9 Å². The lowest BCUT2D eigenvalue weighted by Crippen LogP contribution is -2.23. The van der Waals surface area contributed by atoms with E-state index in [0.717, 1.165) is 12.0 Å². The van der Waals surface area contributed by atoms with Crippen LogP contribution in [0.5, 0.6) is 5.75 Å². The second kappa shape index (κ2) is 9.06. The lowest BCUT2D eigenvalue weighted by Gasteiger charge is -2.14. The lowest BCUT2D eigenvalue weighted by atomic mass is 10.1. The Kier molecular flexibility index (Phi) is 6.03. The van der Waals surface area contributed by atoms with Crippen LogP contribution in [0.15, 0.2) is 71.5 Å². The molecule has 0 fully saturated rings. The van der Waals surface area contributed by atoms with Crippen LogP contribution in [-0.2, 0) is 11.2 Å². The molecule has 0 aliphatic rings. The summed E-state index contributed by atoms with van der Waals surface area (Å²) in [6.45, 7) is 5.70. The van der Waals surface area contributed by atoms with Crippen molar-refractivity contribution in [2.24, 2.45) is 0 Å². The number of nitrogens with zero attached hydrogens (tertiary/aromatic N) is 2. The molecule has 4 rings (SSSR count). The number of amides is 1. The zero-order valence-electron chi connectivity index (χ0n) is 18.4. The summed E-state index contributed by atoms with van der Waals surface area (Å²) in [5.74, 6) is 1.01. The number of aryl methyl sites for hydroxylation is 3. The fourth-order valence-electron chi connectivity index (χ4n) is 3.63. The number of aromatic nitrogens is 2. The first kappa shape index (κ1) is 21.3. The first-order valence-corrected chi connectivity index (χ1v) is 10.6. The second-order valence-electron chi connectivity index (χ2n) is 7.65. The maximum atomic E-state index is 13.0. The number of ether oxygens (including phenoxy) is 1. The summed E-state index contributed by atoms with van der Waals surface area (Å²) in [5.41, 5.74) is 3.98. The second-order valence-corrected chi connectivity index (χ2v) is 7.65. The van der Waals surface area contributed by atoms with Crippen LogP contribution in [0.4, 0.5) is 5.69 Å². The SMILES string of the molecule is CCc1ccc(OCC(=O)Nc2ccc(-n3c(C)nc4ccccc4c3=O)cc2C)cc1. The van der Waals surface area contributed by atoms with Gasteiger partial charge in [-0.25, -0.2) is 4.98 Å². The minimum absolute atomic E-state index is 0.0835. The van der Waals surface area contributed by atoms with Crippen molar-refractivity contribution in [3.8, 4) is 11.4 Å². The van der Waals surface area contributed by atoms with Gasteiger partial charge in [0.1, 0.15) is 11.6 Å². The van der Waals surface area contributed by atoms with Crippen LogP contribution in [0.25, 0.3) is 16.6 Å². The number of fused-ring (bicyclic) bond motifs is 1. The molecule has 0 saturated carbocycles. The summed E-state index contributed by atoms with van der Waals surface area (Å²) in [5, 5.41) is 3.44. The molecule has 0 radical (unpaired) electrons. The number of hydrogen-bond acceptors (Lipinski definition) is 4. The first-order chi connectivity index (χ1) is 15.5. The highest BCUT2D eigenvalue weighted by Gasteiger charge is 2.12. The molecule has 6 heteroatoms. The van der Waals surface area contributed by atoms with Gasteiger partial charge in [-0.05, 0) is 73.9 Å². The normalized spacial score (nSPS) is 10.8. The van der Waals surface area contributed by atoms with Crippen LogP contribution >= 0.6 is 0 Å². The Bertz CT molecular complexity index is 1340. The number of anilines is 1. The van der Waals surface area contributed by atoms with Gasteiger partial charge in [-0.3, -0.25) is 14.2 Å². The van der Waals surface area contributed by atoms with E-state index in [9.17, 15) is 9.59 Å². The molecule has 32 heavy (non-hydrogen) atoms. The van der Waals surface area contributed by atoms with E-state index in [1.54, 1.807) is 22.8 Å². The molecule has 1 N–H and O–H groups in total. The zero-order valence-corrected chi connectivity index (χ0v) is 18.4. The van der Waals surface area contributed by atoms with Gasteiger partial charge in [-0.1, -0.05) is 31.2 Å². The van der Waals surface area contributed by atoms with Gasteiger partial charge in [0.15, 0.2) is 6.61 Å². The summed E-state index contributed by atoms with van der Waals surface area (Å²) in [6, 6.07) is 20.5. The Morgan fingerprint density at radius 2 is 1.78 bits per heavy atom. The number of carbonyl (C=O) groups is 1. The van der Waals surface area contributed by atoms with Gasteiger partial charge in [0.2, 0.25) is 0 Å². The van der Waals surface area contributed by atoms with Crippen molar-refractivity contribution < 1.29 is 9.53 Å². The third-order valence-electron chi connectivity index (χ3n) is 5.39. The number of benzene rings is 3. The van der Waals surface area contributed by atoms with Gasteiger partial charge in [0, 0.05) is 5.69 Å². The van der Waals surface area contributed by atoms with Crippen molar-refractivity contribution in [2.75, 3.05) is 11.9 Å². The van der Waals surface area contributed by atoms with E-state index in [1.807, 2.05) is 62.4 Å². The average molecular weight is 428 g/mol. The van der Waals surface area contributed by atoms with Crippen molar-refractivity contribution in [1.82, 2.24) is 9.55 Å². The molecule has 3 aromatic carbocycles. The van der Waals surface area contributed by atoms with Gasteiger partial charge < -0.3 is 10.1 Å². The van der Waals surface area contributed by atoms with Crippen molar-refractivity contribution >= 4 is 22.5 Å². The number of hydrogen-bond donors (Lipinski definition) is 1. The molecule has 0 atom stereocenters. The molecule has 0 aliphatic carbocycles. The molecule has 0 spiro atoms. The van der Waals surface area contributed by atoms with E-state index in [2.05, 4.69) is 17.2 Å². The van der Waals surface area contributed by atoms with E-state index in [0.29, 0.717) is 33.9 Å². The van der Waals surface area contributed by atoms with E-state index in [4.69, 9.17) is 4.74 Å². The number of nitrogens with one attached hydrogen (secondary N) is 1. The van der Waals surface area contributed by atoms with Gasteiger partial charge in [0.05, 0.1) is 16.6 Å². The molecule has 1 heterocycles. The van der Waals surface area contributed by atoms with E-state index < -0.39 is 0 Å². The topological polar surface area (TPSA) is 73.2 Å². The Morgan fingerprint density at radius 3 is 2.50 bits per heavy atom. The third kappa shape index (κ3) is 4.39. The van der Waals surface area contributed by atoms with Crippen molar-refractivity contribution in [3.63, 3.8) is 0 Å². The van der Waals surface area contributed by atoms with Crippen LogP contribution in [-0.4, -0.2) is 22.1 Å². The Morgan fingerprint density at radius 1 is 1.03 bits per heavy atom. The van der Waals surface area contributed by atoms with Crippen molar-refractivity contribution in [1.29, 1.82) is 0 Å². The summed E-state index contributed by atoms with van der Waals surface area (Å²) in [4.78, 5) is 29.9. The van der Waals surface area contributed by atoms with Crippen molar-refractivity contribution in [3.05, 3.63) is 94.0 Å². The van der Waals surface area contributed by atoms with Gasteiger partial charge in [-0.15, -0.1) is 0 Å². The summed E-state index contributed by atoms with van der Waals surface area (Å²) < 4.78 is 7.17. The maximum Gasteiger partial charge on any atom is 0.265 e. The standard InChI is InChI=1S/C26H25N3O3/c1-4-19-9-12-21(13-10-19)32-16-25(30)28-23-14-11-20(15-17(23)2)29-18(3)27-24-8-6-5-7-22(24)26(29)31/h5-15H,4,16H2,1-3H3,(H,28,30). The predicted octanol–water partition coefficient (Wildman–Crippen LogP) is 4.58. The summed E-state index contributed by atoms with van der Waals surface area (Å²) in [6.07, 6.45) is 0.955. The van der Waals surface area contributed by atoms with Gasteiger partial charge >= 0.3 is 0 Å². The summed E-state index contributed by atoms with van der Waals surface area (Å²) >= 11 is 0. The molecule has 1 aromatic heterocycles. The smallest absolute Gasteiger partial charge is 0.265 e. The van der Waals surface area contributed by atoms with Crippen LogP contribution in [0.2, 0.25) is 0 Å². The van der Waals surface area contributed by atoms with Crippen molar-refractivity contribution in [2.45, 2.75) is 27.2 Å². The molecular weight excluding hydrogens is 402 g/mol. The van der Waals surface area contributed by atoms with E-state index in [-0.39, 0.29) is 18.1 Å². The van der Waals surface area contributed by atoms with E-state index in [1.165, 1.54) is 5.56 Å². The minimum Gasteiger partial charge on any atom is -0.484 e. The van der Waals surface area contributed by atoms with Crippen LogP contribution in [0.3, 0.4) is 0 Å². The molecule has 1 amide bonds. The molecule has 6 nitrogen and oxygen atoms in total. The Balaban J connectivity index is 1.50. The highest BCUT2D eigenvalue weighted by atomic mass is 16.5. The third-order valence-corrected chi connectivity index (χ3v) is 5.39. The fourth-order valence-corrected chi connectivity index (χ4v) is 3.63. The van der Waals surface area contributed by atoms with E-state index >= 15 is 0 Å². The molecule has 0 bridgehead atoms. The quantitative estimate of drug-likeness (QED) is 0.489. The largest absolute Gasteiger partial charge is 0.484 e. The molecule has 0 aliphatic heterocycles. The number of carbonyl (C=O) groups excluding carboxylic acids is 1. The van der Waals surface area contributed by atoms with Gasteiger partial charge in [-0.2, -0.15) is 0 Å². The Hall–Kier alpha value is -3.93. The van der Waals surface area contributed by atoms with Gasteiger partial charge in [0.25, 0.3) is 11.5 Å². The maximum absolute atomic E-state index is 13.0. The predicted molar refractivity (Wildman–Crippen MR) is 127 cm³/mol. The fraction of sp³-hybridized carbons (Fsp3) is 0.192. The number of para-hydroxylation sites is 1. The monoisotopic (exact) mass is 427 g/mol. The Labute approximate surface area is 186 Å².